The third-order valence-electron chi connectivity index (χ3n) is 1.90. The summed E-state index contributed by atoms with van der Waals surface area (Å²) in [6, 6.07) is 0. The Morgan fingerprint density at radius 3 is 2.43 bits per heavy atom. The van der Waals surface area contributed by atoms with Gasteiger partial charge in [0.25, 0.3) is 0 Å². The molecule has 5 heteroatoms. The van der Waals surface area contributed by atoms with Crippen LogP contribution < -0.4 is 4.72 Å². The smallest absolute Gasteiger partial charge is 0.211 e. The largest absolute Gasteiger partial charge is 0.215 e. The van der Waals surface area contributed by atoms with Gasteiger partial charge in [-0.1, -0.05) is 35.7 Å². The van der Waals surface area contributed by atoms with Gasteiger partial charge in [0, 0.05) is 11.9 Å². The quantitative estimate of drug-likeness (QED) is 0.522. The topological polar surface area (TPSA) is 46.2 Å². The lowest BCUT2D eigenvalue weighted by Gasteiger charge is -2.05. The molecule has 0 aliphatic carbocycles. The molecule has 0 aromatic carbocycles. The highest BCUT2D eigenvalue weighted by Crippen LogP contribution is 1.98. The van der Waals surface area contributed by atoms with Crippen LogP contribution in [0.4, 0.5) is 0 Å². The van der Waals surface area contributed by atoms with Gasteiger partial charge < -0.3 is 0 Å². The van der Waals surface area contributed by atoms with E-state index in [1.54, 1.807) is 0 Å². The predicted molar refractivity (Wildman–Crippen MR) is 64.3 cm³/mol. The Kier molecular flexibility index (Phi) is 8.92. The first-order valence-corrected chi connectivity index (χ1v) is 7.93. The van der Waals surface area contributed by atoms with Gasteiger partial charge in [-0.05, 0) is 19.3 Å². The van der Waals surface area contributed by atoms with Crippen LogP contribution in [0.3, 0.4) is 0 Å². The number of unbranched alkanes of at least 4 members (excludes halogenated alkanes) is 3. The molecule has 0 rings (SSSR count). The van der Waals surface area contributed by atoms with Crippen molar-refractivity contribution in [2.75, 3.05) is 17.6 Å². The zero-order valence-electron chi connectivity index (χ0n) is 8.76. The van der Waals surface area contributed by atoms with Crippen molar-refractivity contribution in [3.8, 4) is 0 Å². The second-order valence-electron chi connectivity index (χ2n) is 3.32. The molecule has 14 heavy (non-hydrogen) atoms. The molecule has 3 nitrogen and oxygen atoms in total. The van der Waals surface area contributed by atoms with Crippen LogP contribution in [0.1, 0.15) is 39.0 Å². The second kappa shape index (κ2) is 8.68. The van der Waals surface area contributed by atoms with E-state index in [4.69, 9.17) is 0 Å². The predicted octanol–water partition coefficient (Wildman–Crippen LogP) is 2.27. The second-order valence-corrected chi connectivity index (χ2v) is 6.04. The summed E-state index contributed by atoms with van der Waals surface area (Å²) < 4.78 is 25.2. The molecule has 0 atom stereocenters. The van der Waals surface area contributed by atoms with Crippen molar-refractivity contribution in [1.29, 1.82) is 0 Å². The minimum Gasteiger partial charge on any atom is -0.215 e. The van der Waals surface area contributed by atoms with Gasteiger partial charge in [0.2, 0.25) is 10.0 Å². The fourth-order valence-corrected chi connectivity index (χ4v) is 2.70. The summed E-state index contributed by atoms with van der Waals surface area (Å²) >= 11 is 3.34. The Morgan fingerprint density at radius 1 is 1.14 bits per heavy atom. The van der Waals surface area contributed by atoms with E-state index in [0.29, 0.717) is 6.54 Å². The maximum absolute atomic E-state index is 11.3. The Morgan fingerprint density at radius 2 is 1.86 bits per heavy atom. The molecule has 86 valence electrons. The van der Waals surface area contributed by atoms with Crippen molar-refractivity contribution >= 4 is 26.0 Å². The summed E-state index contributed by atoms with van der Waals surface area (Å²) in [5, 5.41) is 0.996. The van der Waals surface area contributed by atoms with Crippen molar-refractivity contribution in [3.05, 3.63) is 0 Å². The van der Waals surface area contributed by atoms with E-state index in [1.807, 2.05) is 6.92 Å². The number of nitrogens with one attached hydrogen (secondary N) is 1. The minimum atomic E-state index is -2.99. The Bertz CT molecular complexity index is 217. The molecule has 0 saturated carbocycles. The first-order valence-electron chi connectivity index (χ1n) is 5.15. The summed E-state index contributed by atoms with van der Waals surface area (Å²) in [5.41, 5.74) is 0. The van der Waals surface area contributed by atoms with Gasteiger partial charge in [-0.25, -0.2) is 13.1 Å². The summed E-state index contributed by atoms with van der Waals surface area (Å²) in [6.07, 6.45) is 4.77. The maximum atomic E-state index is 11.3. The lowest BCUT2D eigenvalue weighted by atomic mass is 10.3. The van der Waals surface area contributed by atoms with Crippen LogP contribution in [-0.4, -0.2) is 26.0 Å². The monoisotopic (exact) mass is 285 g/mol. The molecule has 1 N–H and O–H groups in total. The molecule has 0 radical (unpaired) electrons. The van der Waals surface area contributed by atoms with Crippen LogP contribution in [0.25, 0.3) is 0 Å². The van der Waals surface area contributed by atoms with E-state index in [9.17, 15) is 8.42 Å². The van der Waals surface area contributed by atoms with Crippen molar-refractivity contribution in [3.63, 3.8) is 0 Å². The third-order valence-corrected chi connectivity index (χ3v) is 3.93. The van der Waals surface area contributed by atoms with Gasteiger partial charge in [0.15, 0.2) is 0 Å². The lowest BCUT2D eigenvalue weighted by molar-refractivity contribution is 0.573. The minimum absolute atomic E-state index is 0.266. The maximum Gasteiger partial charge on any atom is 0.211 e. The zero-order chi connectivity index (χ0) is 10.9. The van der Waals surface area contributed by atoms with Crippen LogP contribution in [0.15, 0.2) is 0 Å². The summed E-state index contributed by atoms with van der Waals surface area (Å²) in [7, 11) is -2.99. The third kappa shape index (κ3) is 8.97. The summed E-state index contributed by atoms with van der Waals surface area (Å²) in [6.45, 7) is 2.57. The fourth-order valence-electron chi connectivity index (χ4n) is 1.03. The molecule has 0 aromatic rings. The molecular formula is C9H20BrNO2S. The fraction of sp³-hybridized carbons (Fsp3) is 1.00. The molecule has 0 aliphatic rings. The highest BCUT2D eigenvalue weighted by Gasteiger charge is 2.07. The first kappa shape index (κ1) is 14.4. The number of halogens is 1. The van der Waals surface area contributed by atoms with Crippen LogP contribution in [-0.2, 0) is 10.0 Å². The number of hydrogen-bond donors (Lipinski definition) is 1. The van der Waals surface area contributed by atoms with Crippen LogP contribution in [0, 0.1) is 0 Å². The summed E-state index contributed by atoms with van der Waals surface area (Å²) in [4.78, 5) is 0. The van der Waals surface area contributed by atoms with Gasteiger partial charge in [0.1, 0.15) is 0 Å². The molecule has 0 amide bonds. The highest BCUT2D eigenvalue weighted by atomic mass is 79.9. The Labute approximate surface area is 95.8 Å². The molecular weight excluding hydrogens is 266 g/mol. The molecule has 0 bridgehead atoms. The highest BCUT2D eigenvalue weighted by molar-refractivity contribution is 9.09. The molecule has 0 fully saturated rings. The van der Waals surface area contributed by atoms with Crippen LogP contribution >= 0.6 is 15.9 Å². The van der Waals surface area contributed by atoms with Gasteiger partial charge in [-0.2, -0.15) is 0 Å². The number of alkyl halides is 1. The first-order chi connectivity index (χ1) is 6.62. The molecule has 0 aromatic heterocycles. The molecule has 0 heterocycles. The van der Waals surface area contributed by atoms with Crippen molar-refractivity contribution in [2.24, 2.45) is 0 Å². The van der Waals surface area contributed by atoms with E-state index in [0.717, 1.165) is 37.4 Å². The Hall–Kier alpha value is 0.390. The van der Waals surface area contributed by atoms with Crippen LogP contribution in [0.2, 0.25) is 0 Å². The van der Waals surface area contributed by atoms with E-state index in [2.05, 4.69) is 20.7 Å². The normalized spacial score (nSPS) is 11.9. The van der Waals surface area contributed by atoms with E-state index in [1.165, 1.54) is 0 Å². The molecule has 0 spiro atoms. The average molecular weight is 286 g/mol. The van der Waals surface area contributed by atoms with Gasteiger partial charge in [0.05, 0.1) is 5.75 Å². The molecule has 0 aliphatic heterocycles. The van der Waals surface area contributed by atoms with Crippen molar-refractivity contribution in [1.82, 2.24) is 4.72 Å². The van der Waals surface area contributed by atoms with E-state index < -0.39 is 10.0 Å². The van der Waals surface area contributed by atoms with Crippen molar-refractivity contribution < 1.29 is 8.42 Å². The summed E-state index contributed by atoms with van der Waals surface area (Å²) in [5.74, 6) is 0.266. The van der Waals surface area contributed by atoms with E-state index in [-0.39, 0.29) is 5.75 Å². The van der Waals surface area contributed by atoms with E-state index >= 15 is 0 Å². The molecule has 0 unspecified atom stereocenters. The number of rotatable bonds is 9. The standard InChI is InChI=1S/C9H20BrNO2S/c1-2-3-9-14(12,13)11-8-6-4-5-7-10/h11H,2-9H2,1H3. The van der Waals surface area contributed by atoms with Gasteiger partial charge in [-0.15, -0.1) is 0 Å². The number of hydrogen-bond acceptors (Lipinski definition) is 2. The van der Waals surface area contributed by atoms with Gasteiger partial charge >= 0.3 is 0 Å². The SMILES string of the molecule is CCCCS(=O)(=O)NCCCCCBr. The average Bonchev–Trinajstić information content (AvgIpc) is 2.15. The molecule has 0 saturated heterocycles. The van der Waals surface area contributed by atoms with Gasteiger partial charge in [-0.3, -0.25) is 0 Å². The van der Waals surface area contributed by atoms with Crippen LogP contribution in [0.5, 0.6) is 0 Å². The van der Waals surface area contributed by atoms with Crippen molar-refractivity contribution in [2.45, 2.75) is 39.0 Å². The lowest BCUT2D eigenvalue weighted by Crippen LogP contribution is -2.27. The number of sulfonamides is 1. The Balaban J connectivity index is 3.46. The zero-order valence-corrected chi connectivity index (χ0v) is 11.2.